The van der Waals surface area contributed by atoms with E-state index in [-0.39, 0.29) is 0 Å². The standard InChI is InChI=1S/C22H15N3O3S/c1-27-17-7-4-6-16(10-17)24-12-15(11-23)21-25-19(13-29-21)18-9-14-5-2-3-8-20(14)28-22(18)26/h2-10,12-13,24H,1H3. The molecule has 0 saturated carbocycles. The molecular formula is C22H15N3O3S. The molecule has 0 bridgehead atoms. The van der Waals surface area contributed by atoms with Gasteiger partial charge in [-0.2, -0.15) is 5.26 Å². The molecule has 0 aliphatic carbocycles. The summed E-state index contributed by atoms with van der Waals surface area (Å²) in [6.07, 6.45) is 1.58. The Kier molecular flexibility index (Phi) is 5.10. The van der Waals surface area contributed by atoms with Crippen molar-refractivity contribution in [2.75, 3.05) is 12.4 Å². The lowest BCUT2D eigenvalue weighted by atomic mass is 10.1. The van der Waals surface area contributed by atoms with Gasteiger partial charge in [0.2, 0.25) is 0 Å². The molecule has 0 aliphatic heterocycles. The van der Waals surface area contributed by atoms with Crippen LogP contribution in [0.25, 0.3) is 27.8 Å². The Labute approximate surface area is 170 Å². The number of allylic oxidation sites excluding steroid dienone is 1. The van der Waals surface area contributed by atoms with Gasteiger partial charge in [-0.25, -0.2) is 9.78 Å². The van der Waals surface area contributed by atoms with Gasteiger partial charge < -0.3 is 14.5 Å². The number of benzene rings is 2. The van der Waals surface area contributed by atoms with Gasteiger partial charge in [0.15, 0.2) is 0 Å². The van der Waals surface area contributed by atoms with Crippen LogP contribution in [0, 0.1) is 11.3 Å². The molecule has 0 atom stereocenters. The van der Waals surface area contributed by atoms with Crippen LogP contribution < -0.4 is 15.7 Å². The van der Waals surface area contributed by atoms with Crippen molar-refractivity contribution in [2.24, 2.45) is 0 Å². The number of methoxy groups -OCH3 is 1. The minimum absolute atomic E-state index is 0.356. The first-order valence-electron chi connectivity index (χ1n) is 8.68. The average molecular weight is 401 g/mol. The van der Waals surface area contributed by atoms with Crippen LogP contribution in [0.5, 0.6) is 5.75 Å². The minimum atomic E-state index is -0.461. The number of hydrogen-bond acceptors (Lipinski definition) is 7. The van der Waals surface area contributed by atoms with Gasteiger partial charge in [0.05, 0.1) is 18.4 Å². The first-order valence-corrected chi connectivity index (χ1v) is 9.56. The highest BCUT2D eigenvalue weighted by molar-refractivity contribution is 7.11. The Morgan fingerprint density at radius 2 is 2.10 bits per heavy atom. The fraction of sp³-hybridized carbons (Fsp3) is 0.0455. The second kappa shape index (κ2) is 8.00. The molecule has 4 rings (SSSR count). The molecular weight excluding hydrogens is 386 g/mol. The highest BCUT2D eigenvalue weighted by Crippen LogP contribution is 2.26. The van der Waals surface area contributed by atoms with E-state index < -0.39 is 5.63 Å². The van der Waals surface area contributed by atoms with Gasteiger partial charge >= 0.3 is 5.63 Å². The number of nitrogens with zero attached hydrogens (tertiary/aromatic N) is 2. The van der Waals surface area contributed by atoms with E-state index in [2.05, 4.69) is 16.4 Å². The highest BCUT2D eigenvalue weighted by Gasteiger charge is 2.13. The van der Waals surface area contributed by atoms with Crippen molar-refractivity contribution in [1.29, 1.82) is 5.26 Å². The molecule has 0 unspecified atom stereocenters. The molecule has 2 aromatic carbocycles. The Morgan fingerprint density at radius 1 is 1.24 bits per heavy atom. The summed E-state index contributed by atoms with van der Waals surface area (Å²) in [5.74, 6) is 0.710. The van der Waals surface area contributed by atoms with Crippen molar-refractivity contribution in [3.05, 3.63) is 81.6 Å². The number of nitrogens with one attached hydrogen (secondary N) is 1. The smallest absolute Gasteiger partial charge is 0.345 e. The Hall–Kier alpha value is -3.89. The Bertz CT molecular complexity index is 1310. The summed E-state index contributed by atoms with van der Waals surface area (Å²) < 4.78 is 10.6. The largest absolute Gasteiger partial charge is 0.497 e. The number of para-hydroxylation sites is 1. The Morgan fingerprint density at radius 3 is 2.93 bits per heavy atom. The van der Waals surface area contributed by atoms with E-state index in [9.17, 15) is 10.1 Å². The quantitative estimate of drug-likeness (QED) is 0.378. The third-order valence-electron chi connectivity index (χ3n) is 4.23. The molecule has 0 spiro atoms. The van der Waals surface area contributed by atoms with Gasteiger partial charge in [-0.05, 0) is 24.3 Å². The zero-order valence-corrected chi connectivity index (χ0v) is 16.2. The fourth-order valence-corrected chi connectivity index (χ4v) is 3.56. The summed E-state index contributed by atoms with van der Waals surface area (Å²) in [6, 6.07) is 18.6. The number of nitriles is 1. The predicted molar refractivity (Wildman–Crippen MR) is 114 cm³/mol. The van der Waals surface area contributed by atoms with Crippen molar-refractivity contribution >= 4 is 33.6 Å². The van der Waals surface area contributed by atoms with Crippen LogP contribution in [0.2, 0.25) is 0 Å². The van der Waals surface area contributed by atoms with Crippen molar-refractivity contribution in [3.8, 4) is 23.1 Å². The lowest BCUT2D eigenvalue weighted by molar-refractivity contribution is 0.415. The molecule has 0 saturated heterocycles. The molecule has 7 heteroatoms. The molecule has 6 nitrogen and oxygen atoms in total. The van der Waals surface area contributed by atoms with Gasteiger partial charge in [0.1, 0.15) is 28.0 Å². The van der Waals surface area contributed by atoms with E-state index in [1.54, 1.807) is 30.8 Å². The third-order valence-corrected chi connectivity index (χ3v) is 5.10. The lowest BCUT2D eigenvalue weighted by Gasteiger charge is -2.04. The monoisotopic (exact) mass is 401 g/mol. The van der Waals surface area contributed by atoms with Crippen LogP contribution in [-0.4, -0.2) is 12.1 Å². The first kappa shape index (κ1) is 18.5. The van der Waals surface area contributed by atoms with Crippen molar-refractivity contribution in [2.45, 2.75) is 0 Å². The number of ether oxygens (including phenoxy) is 1. The summed E-state index contributed by atoms with van der Waals surface area (Å²) in [5, 5.41) is 15.7. The van der Waals surface area contributed by atoms with Gasteiger partial charge in [-0.15, -0.1) is 11.3 Å². The van der Waals surface area contributed by atoms with Gasteiger partial charge in [-0.3, -0.25) is 0 Å². The zero-order valence-electron chi connectivity index (χ0n) is 15.4. The number of aromatic nitrogens is 1. The first-order chi connectivity index (χ1) is 14.2. The molecule has 29 heavy (non-hydrogen) atoms. The number of rotatable bonds is 5. The predicted octanol–water partition coefficient (Wildman–Crippen LogP) is 4.90. The maximum Gasteiger partial charge on any atom is 0.345 e. The topological polar surface area (TPSA) is 88.2 Å². The van der Waals surface area contributed by atoms with E-state index >= 15 is 0 Å². The second-order valence-electron chi connectivity index (χ2n) is 6.07. The summed E-state index contributed by atoms with van der Waals surface area (Å²) in [7, 11) is 1.59. The highest BCUT2D eigenvalue weighted by atomic mass is 32.1. The van der Waals surface area contributed by atoms with Crippen LogP contribution in [0.3, 0.4) is 0 Å². The second-order valence-corrected chi connectivity index (χ2v) is 6.93. The molecule has 0 fully saturated rings. The summed E-state index contributed by atoms with van der Waals surface area (Å²) >= 11 is 1.29. The molecule has 2 heterocycles. The van der Waals surface area contributed by atoms with E-state index in [1.165, 1.54) is 11.3 Å². The zero-order chi connectivity index (χ0) is 20.2. The average Bonchev–Trinajstić information content (AvgIpc) is 3.23. The number of hydrogen-bond donors (Lipinski definition) is 1. The molecule has 0 aliphatic rings. The van der Waals surface area contributed by atoms with E-state index in [1.807, 2.05) is 42.5 Å². The summed E-state index contributed by atoms with van der Waals surface area (Å²) in [6.45, 7) is 0. The summed E-state index contributed by atoms with van der Waals surface area (Å²) in [5.41, 5.74) is 2.05. The molecule has 0 amide bonds. The van der Waals surface area contributed by atoms with Crippen LogP contribution in [0.1, 0.15) is 5.01 Å². The van der Waals surface area contributed by atoms with E-state index in [0.717, 1.165) is 11.1 Å². The SMILES string of the molecule is COc1cccc(NC=C(C#N)c2nc(-c3cc4ccccc4oc3=O)cs2)c1. The van der Waals surface area contributed by atoms with Crippen LogP contribution in [0.4, 0.5) is 5.69 Å². The van der Waals surface area contributed by atoms with Gasteiger partial charge in [0, 0.05) is 28.7 Å². The van der Waals surface area contributed by atoms with E-state index in [4.69, 9.17) is 9.15 Å². The van der Waals surface area contributed by atoms with Gasteiger partial charge in [0.25, 0.3) is 0 Å². The molecule has 142 valence electrons. The van der Waals surface area contributed by atoms with Gasteiger partial charge in [-0.1, -0.05) is 24.3 Å². The number of anilines is 1. The maximum atomic E-state index is 12.3. The fourth-order valence-electron chi connectivity index (χ4n) is 2.77. The normalized spacial score (nSPS) is 11.2. The molecule has 4 aromatic rings. The molecule has 0 radical (unpaired) electrons. The number of thiazole rings is 1. The van der Waals surface area contributed by atoms with E-state index in [0.29, 0.717) is 33.2 Å². The van der Waals surface area contributed by atoms with Crippen LogP contribution >= 0.6 is 11.3 Å². The summed E-state index contributed by atoms with van der Waals surface area (Å²) in [4.78, 5) is 16.8. The lowest BCUT2D eigenvalue weighted by Crippen LogP contribution is -2.02. The maximum absolute atomic E-state index is 12.3. The number of fused-ring (bicyclic) bond motifs is 1. The minimum Gasteiger partial charge on any atom is -0.497 e. The molecule has 1 N–H and O–H groups in total. The van der Waals surface area contributed by atoms with Crippen LogP contribution in [-0.2, 0) is 0 Å². The Balaban J connectivity index is 1.64. The van der Waals surface area contributed by atoms with Crippen molar-refractivity contribution in [1.82, 2.24) is 4.98 Å². The van der Waals surface area contributed by atoms with Crippen molar-refractivity contribution in [3.63, 3.8) is 0 Å². The molecule has 2 aromatic heterocycles. The third kappa shape index (κ3) is 3.88. The van der Waals surface area contributed by atoms with Crippen molar-refractivity contribution < 1.29 is 9.15 Å². The van der Waals surface area contributed by atoms with Crippen LogP contribution in [0.15, 0.2) is 75.4 Å².